The van der Waals surface area contributed by atoms with Gasteiger partial charge in [0.1, 0.15) is 29.3 Å². The molecule has 212 valence electrons. The summed E-state index contributed by atoms with van der Waals surface area (Å²) >= 11 is 0. The molecule has 1 saturated heterocycles. The number of ether oxygens (including phenoxy) is 1. The van der Waals surface area contributed by atoms with Gasteiger partial charge in [-0.05, 0) is 69.1 Å². The van der Waals surface area contributed by atoms with Gasteiger partial charge in [-0.15, -0.1) is 0 Å². The van der Waals surface area contributed by atoms with Crippen LogP contribution in [0.25, 0.3) is 22.3 Å². The van der Waals surface area contributed by atoms with Crippen LogP contribution >= 0.6 is 0 Å². The Morgan fingerprint density at radius 2 is 1.78 bits per heavy atom. The topological polar surface area (TPSA) is 102 Å². The van der Waals surface area contributed by atoms with Crippen molar-refractivity contribution in [2.45, 2.75) is 50.6 Å². The fourth-order valence-electron chi connectivity index (χ4n) is 6.03. The Bertz CT molecular complexity index is 1510. The zero-order valence-electron chi connectivity index (χ0n) is 23.5. The van der Waals surface area contributed by atoms with E-state index < -0.39 is 0 Å². The van der Waals surface area contributed by atoms with E-state index in [0.29, 0.717) is 24.1 Å². The number of benzene rings is 2. The Morgan fingerprint density at radius 3 is 2.56 bits per heavy atom. The van der Waals surface area contributed by atoms with Crippen molar-refractivity contribution in [3.8, 4) is 22.8 Å². The third-order valence-corrected chi connectivity index (χ3v) is 8.28. The fourth-order valence-corrected chi connectivity index (χ4v) is 6.03. The van der Waals surface area contributed by atoms with Gasteiger partial charge >= 0.3 is 0 Å². The minimum Gasteiger partial charge on any atom is -0.457 e. The number of carbonyl (C=O) groups excluding carboxylic acids is 1. The Morgan fingerprint density at radius 1 is 1.02 bits per heavy atom. The lowest BCUT2D eigenvalue weighted by Gasteiger charge is -2.32. The molecule has 2 aromatic carbocycles. The second-order valence-electron chi connectivity index (χ2n) is 11.1. The van der Waals surface area contributed by atoms with Gasteiger partial charge in [0.2, 0.25) is 5.91 Å². The highest BCUT2D eigenvalue weighted by Gasteiger charge is 2.28. The van der Waals surface area contributed by atoms with Crippen LogP contribution in [0.2, 0.25) is 0 Å². The van der Waals surface area contributed by atoms with E-state index in [0.717, 1.165) is 54.1 Å². The van der Waals surface area contributed by atoms with Gasteiger partial charge in [0.25, 0.3) is 0 Å². The normalized spacial score (nSPS) is 18.1. The molecule has 41 heavy (non-hydrogen) atoms. The summed E-state index contributed by atoms with van der Waals surface area (Å²) in [6.45, 7) is 2.11. The average Bonchev–Trinajstić information content (AvgIpc) is 3.68. The van der Waals surface area contributed by atoms with Crippen LogP contribution in [0.15, 0.2) is 73.1 Å². The number of nitrogens with zero attached hydrogens (tertiary/aromatic N) is 6. The minimum atomic E-state index is -0.00602. The summed E-state index contributed by atoms with van der Waals surface area (Å²) in [5, 5.41) is 5.74. The molecule has 2 aliphatic rings. The van der Waals surface area contributed by atoms with Gasteiger partial charge in [0.15, 0.2) is 5.65 Å². The summed E-state index contributed by atoms with van der Waals surface area (Å²) in [6.07, 6.45) is 12.1. The van der Waals surface area contributed by atoms with Crippen LogP contribution in [0, 0.1) is 0 Å². The molecular formula is C32H37N7O2. The van der Waals surface area contributed by atoms with E-state index in [1.165, 1.54) is 32.0 Å². The first-order valence-electron chi connectivity index (χ1n) is 14.5. The number of likely N-dealkylation sites (tertiary alicyclic amines) is 1. The van der Waals surface area contributed by atoms with E-state index in [4.69, 9.17) is 15.6 Å². The first kappa shape index (κ1) is 27.0. The Hall–Kier alpha value is -4.24. The first-order valence-corrected chi connectivity index (χ1v) is 14.5. The van der Waals surface area contributed by atoms with Crippen molar-refractivity contribution in [3.05, 3.63) is 73.1 Å². The Kier molecular flexibility index (Phi) is 7.95. The Labute approximate surface area is 240 Å². The number of nitrogens with two attached hydrogens (primary N) is 1. The van der Waals surface area contributed by atoms with Crippen LogP contribution < -0.4 is 10.5 Å². The fraction of sp³-hybridized carbons (Fsp3) is 0.375. The molecule has 1 aliphatic carbocycles. The number of rotatable bonds is 8. The number of hydrogen-bond donors (Lipinski definition) is 1. The molecule has 2 fully saturated rings. The van der Waals surface area contributed by atoms with Crippen molar-refractivity contribution in [3.63, 3.8) is 0 Å². The van der Waals surface area contributed by atoms with Crippen LogP contribution in [0.4, 0.5) is 5.82 Å². The van der Waals surface area contributed by atoms with E-state index in [2.05, 4.69) is 21.9 Å². The molecule has 3 heterocycles. The summed E-state index contributed by atoms with van der Waals surface area (Å²) in [6, 6.07) is 18.1. The quantitative estimate of drug-likeness (QED) is 0.290. The van der Waals surface area contributed by atoms with Crippen molar-refractivity contribution in [2.24, 2.45) is 0 Å². The number of anilines is 1. The molecular weight excluding hydrogens is 514 g/mol. The summed E-state index contributed by atoms with van der Waals surface area (Å²) < 4.78 is 7.90. The predicted octanol–water partition coefficient (Wildman–Crippen LogP) is 5.46. The molecule has 2 N–H and O–H groups in total. The molecule has 2 aromatic heterocycles. The molecule has 4 aromatic rings. The number of nitrogen functional groups attached to an aromatic ring is 1. The van der Waals surface area contributed by atoms with Crippen molar-refractivity contribution in [1.82, 2.24) is 29.5 Å². The third kappa shape index (κ3) is 5.95. The molecule has 9 nitrogen and oxygen atoms in total. The largest absolute Gasteiger partial charge is 0.457 e. The molecule has 6 rings (SSSR count). The van der Waals surface area contributed by atoms with Gasteiger partial charge in [-0.25, -0.2) is 14.6 Å². The van der Waals surface area contributed by atoms with E-state index >= 15 is 0 Å². The standard InChI is InChI=1S/C32H37N7O2/c1-37(24-9-5-6-10-24)19-8-14-28(40)38-20-7-11-25(21-38)39-32-29(31(33)34-22-35-32)30(36-39)23-15-17-27(18-16-23)41-26-12-3-2-4-13-26/h2-4,8,12-18,22,24-25H,5-7,9-11,19-21H2,1H3,(H2,33,34,35)/b14-8+/t25-/m1/s1. The van der Waals surface area contributed by atoms with Gasteiger partial charge in [-0.2, -0.15) is 5.10 Å². The maximum absolute atomic E-state index is 13.1. The highest BCUT2D eigenvalue weighted by atomic mass is 16.5. The SMILES string of the molecule is CN(C/C=C/C(=O)N1CCC[C@@H](n2nc(-c3ccc(Oc4ccccc4)cc3)c3c(N)ncnc32)C1)C1CCCC1. The smallest absolute Gasteiger partial charge is 0.246 e. The van der Waals surface area contributed by atoms with E-state index in [1.807, 2.05) is 70.3 Å². The van der Waals surface area contributed by atoms with Crippen molar-refractivity contribution in [1.29, 1.82) is 0 Å². The highest BCUT2D eigenvalue weighted by Crippen LogP contribution is 2.35. The number of likely N-dealkylation sites (N-methyl/N-ethyl adjacent to an activating group) is 1. The number of aromatic nitrogens is 4. The van der Waals surface area contributed by atoms with Gasteiger partial charge < -0.3 is 15.4 Å². The third-order valence-electron chi connectivity index (χ3n) is 8.28. The van der Waals surface area contributed by atoms with Crippen LogP contribution in [-0.4, -0.2) is 68.2 Å². The molecule has 1 aliphatic heterocycles. The van der Waals surface area contributed by atoms with Crippen LogP contribution in [0.3, 0.4) is 0 Å². The molecule has 1 amide bonds. The van der Waals surface area contributed by atoms with Gasteiger partial charge in [-0.1, -0.05) is 37.1 Å². The highest BCUT2D eigenvalue weighted by molar-refractivity contribution is 5.98. The maximum atomic E-state index is 13.1. The van der Waals surface area contributed by atoms with Gasteiger partial charge in [-0.3, -0.25) is 9.69 Å². The number of amides is 1. The summed E-state index contributed by atoms with van der Waals surface area (Å²) in [5.41, 5.74) is 8.67. The number of hydrogen-bond acceptors (Lipinski definition) is 7. The lowest BCUT2D eigenvalue weighted by atomic mass is 10.1. The molecule has 0 unspecified atom stereocenters. The molecule has 9 heteroatoms. The van der Waals surface area contributed by atoms with Crippen molar-refractivity contribution in [2.75, 3.05) is 32.4 Å². The van der Waals surface area contributed by atoms with Crippen LogP contribution in [0.5, 0.6) is 11.5 Å². The zero-order chi connectivity index (χ0) is 28.2. The number of para-hydroxylation sites is 1. The van der Waals surface area contributed by atoms with Crippen molar-refractivity contribution < 1.29 is 9.53 Å². The molecule has 1 atom stereocenters. The molecule has 0 radical (unpaired) electrons. The molecule has 1 saturated carbocycles. The van der Waals surface area contributed by atoms with Gasteiger partial charge in [0.05, 0.1) is 11.4 Å². The van der Waals surface area contributed by atoms with E-state index in [9.17, 15) is 4.79 Å². The molecule has 0 spiro atoms. The first-order chi connectivity index (χ1) is 20.1. The van der Waals surface area contributed by atoms with Crippen LogP contribution in [0.1, 0.15) is 44.6 Å². The lowest BCUT2D eigenvalue weighted by Crippen LogP contribution is -2.40. The van der Waals surface area contributed by atoms with E-state index in [1.54, 1.807) is 6.08 Å². The monoisotopic (exact) mass is 551 g/mol. The molecule has 0 bridgehead atoms. The second-order valence-corrected chi connectivity index (χ2v) is 11.1. The van der Waals surface area contributed by atoms with Gasteiger partial charge in [0, 0.05) is 37.3 Å². The predicted molar refractivity (Wildman–Crippen MR) is 161 cm³/mol. The maximum Gasteiger partial charge on any atom is 0.246 e. The number of carbonyl (C=O) groups is 1. The summed E-state index contributed by atoms with van der Waals surface area (Å²) in [5.74, 6) is 1.95. The summed E-state index contributed by atoms with van der Waals surface area (Å²) in [4.78, 5) is 26.2. The Balaban J connectivity index is 1.20. The summed E-state index contributed by atoms with van der Waals surface area (Å²) in [7, 11) is 2.15. The van der Waals surface area contributed by atoms with Crippen LogP contribution in [-0.2, 0) is 4.79 Å². The second kappa shape index (κ2) is 12.1. The van der Waals surface area contributed by atoms with Crippen molar-refractivity contribution >= 4 is 22.8 Å². The number of fused-ring (bicyclic) bond motifs is 1. The lowest BCUT2D eigenvalue weighted by molar-refractivity contribution is -0.127. The minimum absolute atomic E-state index is 0.00602. The van der Waals surface area contributed by atoms with E-state index in [-0.39, 0.29) is 11.9 Å². The zero-order valence-corrected chi connectivity index (χ0v) is 23.5. The number of piperidine rings is 1. The average molecular weight is 552 g/mol.